The van der Waals surface area contributed by atoms with E-state index in [2.05, 4.69) is 6.07 Å². The van der Waals surface area contributed by atoms with Gasteiger partial charge in [-0.05, 0) is 0 Å². The number of allylic oxidation sites excluding steroid dienone is 2. The third-order valence-electron chi connectivity index (χ3n) is 15.3. The van der Waals surface area contributed by atoms with Crippen LogP contribution in [0.4, 0.5) is 52.7 Å². The van der Waals surface area contributed by atoms with E-state index in [-0.39, 0.29) is 46.2 Å². The third-order valence-corrected chi connectivity index (χ3v) is 37.9. The van der Waals surface area contributed by atoms with E-state index in [1.807, 2.05) is 88.4 Å². The molecule has 389 valence electrons. The second kappa shape index (κ2) is 18.4. The fourth-order valence-electron chi connectivity index (χ4n) is 12.0. The molecule has 74 heavy (non-hydrogen) atoms. The maximum absolute atomic E-state index is 14.7. The van der Waals surface area contributed by atoms with Gasteiger partial charge in [-0.1, -0.05) is 0 Å². The molecule has 0 saturated carbocycles. The Kier molecular flexibility index (Phi) is 13.5. The molecule has 0 nitrogen and oxygen atoms in total. The van der Waals surface area contributed by atoms with Gasteiger partial charge in [-0.2, -0.15) is 0 Å². The second-order valence-electron chi connectivity index (χ2n) is 21.2. The first kappa shape index (κ1) is 54.4. The van der Waals surface area contributed by atoms with Crippen LogP contribution in [-0.4, -0.2) is 9.52 Å². The molecule has 6 aromatic rings. The fourth-order valence-corrected chi connectivity index (χ4v) is 40.3. The third kappa shape index (κ3) is 9.00. The molecule has 1 aliphatic heterocycles. The van der Waals surface area contributed by atoms with E-state index in [0.29, 0.717) is 47.8 Å². The Bertz CT molecular complexity index is 3100. The number of benzene rings is 6. The Balaban J connectivity index is 1.43. The number of hydrogen-bond acceptors (Lipinski definition) is 0. The summed E-state index contributed by atoms with van der Waals surface area (Å²) in [4.78, 5) is 0. The van der Waals surface area contributed by atoms with Gasteiger partial charge in [0.15, 0.2) is 0 Å². The molecule has 0 bridgehead atoms. The normalized spacial score (nSPS) is 17.7. The molecular formula is C58H51Cl2F12SiZr. The van der Waals surface area contributed by atoms with Crippen molar-refractivity contribution in [1.29, 1.82) is 0 Å². The van der Waals surface area contributed by atoms with Crippen molar-refractivity contribution in [3.8, 4) is 33.4 Å². The molecule has 0 saturated heterocycles. The van der Waals surface area contributed by atoms with Crippen LogP contribution in [0.2, 0.25) is 0 Å². The Morgan fingerprint density at radius 2 is 0.824 bits per heavy atom. The van der Waals surface area contributed by atoms with Crippen molar-refractivity contribution in [3.05, 3.63) is 170 Å². The van der Waals surface area contributed by atoms with Gasteiger partial charge in [-0.15, -0.1) is 0 Å². The molecule has 0 N–H and O–H groups in total. The van der Waals surface area contributed by atoms with Gasteiger partial charge >= 0.3 is 436 Å². The molecule has 6 aromatic carbocycles. The van der Waals surface area contributed by atoms with Gasteiger partial charge in [-0.3, -0.25) is 0 Å². The van der Waals surface area contributed by atoms with Crippen molar-refractivity contribution in [2.45, 2.75) is 99.2 Å². The summed E-state index contributed by atoms with van der Waals surface area (Å²) in [6, 6.07) is 24.1. The summed E-state index contributed by atoms with van der Waals surface area (Å²) in [7, 11) is 16.9. The van der Waals surface area contributed by atoms with Gasteiger partial charge < -0.3 is 0 Å². The van der Waals surface area contributed by atoms with Crippen LogP contribution in [-0.2, 0) is 41.1 Å². The van der Waals surface area contributed by atoms with E-state index in [0.717, 1.165) is 45.8 Å². The molecule has 0 amide bonds. The molecule has 0 aromatic heterocycles. The first-order valence-electron chi connectivity index (χ1n) is 24.4. The molecule has 9 rings (SSSR count). The van der Waals surface area contributed by atoms with Crippen LogP contribution < -0.4 is 13.6 Å². The van der Waals surface area contributed by atoms with Gasteiger partial charge in [0, 0.05) is 0 Å². The SMILES string of the molecule is CC(C)C1=Cc2c(ccc(C(C)C)c2-c2cc(C(F)(F)F)cc(C(F)(F)F)c2)[CH]1[Zr]([Cl])([Cl])([c]1cccc2c1[SiH2]c1ccccc1-2)[CH]1C(C(C)C)=Cc2c1ccc(C(C)C)c2-c1cc(C(F)(F)F)cc(C(F)(F)F)c1. The monoisotopic (exact) mass is 1160 g/mol. The molecular weight excluding hydrogens is 1110 g/mol. The average molecular weight is 1170 g/mol. The minimum absolute atomic E-state index is 0.103. The Morgan fingerprint density at radius 1 is 0.446 bits per heavy atom. The number of hydrogen-bond donors (Lipinski definition) is 0. The molecule has 0 spiro atoms. The van der Waals surface area contributed by atoms with Gasteiger partial charge in [-0.25, -0.2) is 0 Å². The maximum atomic E-state index is 14.7. The number of fused-ring (bicyclic) bond motifs is 5. The predicted octanol–water partition coefficient (Wildman–Crippen LogP) is 17.7. The number of halogens is 14. The van der Waals surface area contributed by atoms with Crippen LogP contribution in [0.15, 0.2) is 114 Å². The predicted molar refractivity (Wildman–Crippen MR) is 274 cm³/mol. The summed E-state index contributed by atoms with van der Waals surface area (Å²) in [6.45, 7) is 14.9. The summed E-state index contributed by atoms with van der Waals surface area (Å²) in [5, 5.41) is 2.09. The Labute approximate surface area is 432 Å². The van der Waals surface area contributed by atoms with Crippen molar-refractivity contribution in [1.82, 2.24) is 0 Å². The zero-order valence-electron chi connectivity index (χ0n) is 41.4. The number of rotatable bonds is 9. The van der Waals surface area contributed by atoms with Crippen LogP contribution in [0, 0.1) is 11.8 Å². The van der Waals surface area contributed by atoms with E-state index < -0.39 is 92.0 Å². The fraction of sp³-hybridized carbons (Fsp3) is 0.310. The van der Waals surface area contributed by atoms with Crippen LogP contribution >= 0.6 is 17.0 Å². The molecule has 16 heteroatoms. The van der Waals surface area contributed by atoms with Crippen LogP contribution in [0.3, 0.4) is 0 Å². The number of alkyl halides is 12. The van der Waals surface area contributed by atoms with Crippen molar-refractivity contribution in [2.75, 3.05) is 0 Å². The summed E-state index contributed by atoms with van der Waals surface area (Å²) in [6.07, 6.45) is -16.9. The first-order chi connectivity index (χ1) is 34.2. The standard InChI is InChI=1S/2C23H21F6.C12H9Si.2ClH.Zr/c2*1-12(2)15-7-14-5-6-19(13(3)4)21(20(14)10-15)16-8-17(22(24,25)26)11-18(9-16)23(27,28)29;1-3-7-11-9(5-1)10-6-2-4-8-12(10)13-11;;;/h2*5-13H,1-4H3;1-7H,13H2;2*1H;/q;;;;;+2/p-2. The Morgan fingerprint density at radius 3 is 1.19 bits per heavy atom. The molecule has 0 fully saturated rings. The summed E-state index contributed by atoms with van der Waals surface area (Å²) < 4.78 is 175. The van der Waals surface area contributed by atoms with Gasteiger partial charge in [0.05, 0.1) is 0 Å². The zero-order valence-corrected chi connectivity index (χ0v) is 46.8. The van der Waals surface area contributed by atoms with Crippen LogP contribution in [0.25, 0.3) is 45.5 Å². The topological polar surface area (TPSA) is 0 Å². The van der Waals surface area contributed by atoms with Crippen LogP contribution in [0.5, 0.6) is 0 Å². The molecule has 2 aliphatic carbocycles. The Hall–Kier alpha value is -4.36. The van der Waals surface area contributed by atoms with Crippen molar-refractivity contribution >= 4 is 52.3 Å². The van der Waals surface area contributed by atoms with Gasteiger partial charge in [0.1, 0.15) is 0 Å². The van der Waals surface area contributed by atoms with Crippen molar-refractivity contribution in [2.24, 2.45) is 11.8 Å². The summed E-state index contributed by atoms with van der Waals surface area (Å²) in [5.41, 5.74) is -0.122. The zero-order chi connectivity index (χ0) is 54.2. The van der Waals surface area contributed by atoms with Crippen molar-refractivity contribution < 1.29 is 69.1 Å². The average Bonchev–Trinajstić information content (AvgIpc) is 4.03. The second-order valence-corrected chi connectivity index (χ2v) is 43.7. The van der Waals surface area contributed by atoms with E-state index in [4.69, 9.17) is 17.0 Å². The van der Waals surface area contributed by atoms with E-state index in [1.54, 1.807) is 39.8 Å². The van der Waals surface area contributed by atoms with Gasteiger partial charge in [0.25, 0.3) is 0 Å². The van der Waals surface area contributed by atoms with Gasteiger partial charge in [0.2, 0.25) is 0 Å². The van der Waals surface area contributed by atoms with Crippen LogP contribution in [0.1, 0.15) is 130 Å². The van der Waals surface area contributed by atoms with E-state index in [9.17, 15) is 52.7 Å². The molecule has 2 unspecified atom stereocenters. The quantitative estimate of drug-likeness (QED) is 0.0998. The first-order valence-corrected chi connectivity index (χ1v) is 36.2. The van der Waals surface area contributed by atoms with Crippen molar-refractivity contribution in [3.63, 3.8) is 0 Å². The van der Waals surface area contributed by atoms with E-state index >= 15 is 0 Å². The summed E-state index contributed by atoms with van der Waals surface area (Å²) in [5.74, 6) is -1.54. The molecule has 1 heterocycles. The molecule has 0 radical (unpaired) electrons. The molecule has 2 atom stereocenters. The van der Waals surface area contributed by atoms with E-state index in [1.165, 1.54) is 0 Å². The molecule has 3 aliphatic rings. The minimum atomic E-state index is -6.63. The summed E-state index contributed by atoms with van der Waals surface area (Å²) >= 11 is -6.63.